The largest absolute Gasteiger partial charge is 0.478 e. The molecule has 4 heteroatoms. The molecule has 86 valence electrons. The first kappa shape index (κ1) is 10.9. The van der Waals surface area contributed by atoms with E-state index in [0.29, 0.717) is 5.56 Å². The van der Waals surface area contributed by atoms with E-state index in [-0.39, 0.29) is 5.54 Å². The van der Waals surface area contributed by atoms with Gasteiger partial charge in [-0.25, -0.2) is 4.79 Å². The molecule has 2 rings (SSSR count). The highest BCUT2D eigenvalue weighted by Gasteiger charge is 2.34. The summed E-state index contributed by atoms with van der Waals surface area (Å²) in [5.74, 6) is -0.889. The summed E-state index contributed by atoms with van der Waals surface area (Å²) in [7, 11) is 0. The molecule has 0 bridgehead atoms. The van der Waals surface area contributed by atoms with Crippen LogP contribution in [0.15, 0.2) is 18.5 Å². The highest BCUT2D eigenvalue weighted by Crippen LogP contribution is 2.34. The SMILES string of the molecule is CC1(C)CCCN1c1cnccc1C(=O)O. The molecule has 4 nitrogen and oxygen atoms in total. The molecule has 0 aromatic carbocycles. The van der Waals surface area contributed by atoms with Gasteiger partial charge in [-0.2, -0.15) is 0 Å². The van der Waals surface area contributed by atoms with E-state index in [1.54, 1.807) is 12.3 Å². The van der Waals surface area contributed by atoms with Gasteiger partial charge in [0.05, 0.1) is 17.4 Å². The van der Waals surface area contributed by atoms with Crippen LogP contribution in [0, 0.1) is 0 Å². The van der Waals surface area contributed by atoms with Crippen molar-refractivity contribution in [3.05, 3.63) is 24.0 Å². The first-order valence-corrected chi connectivity index (χ1v) is 5.47. The molecule has 1 aliphatic rings. The van der Waals surface area contributed by atoms with Crippen LogP contribution in [-0.4, -0.2) is 28.1 Å². The van der Waals surface area contributed by atoms with E-state index in [1.165, 1.54) is 6.20 Å². The van der Waals surface area contributed by atoms with Crippen molar-refractivity contribution in [2.75, 3.05) is 11.4 Å². The Bertz CT molecular complexity index is 415. The Hall–Kier alpha value is -1.58. The highest BCUT2D eigenvalue weighted by atomic mass is 16.4. The molecule has 0 atom stereocenters. The van der Waals surface area contributed by atoms with Crippen molar-refractivity contribution in [2.24, 2.45) is 0 Å². The summed E-state index contributed by atoms with van der Waals surface area (Å²) >= 11 is 0. The molecule has 0 radical (unpaired) electrons. The molecule has 1 N–H and O–H groups in total. The van der Waals surface area contributed by atoms with Gasteiger partial charge in [-0.3, -0.25) is 4.98 Å². The zero-order chi connectivity index (χ0) is 11.8. The molecule has 0 aliphatic carbocycles. The molecule has 1 aromatic heterocycles. The van der Waals surface area contributed by atoms with Crippen molar-refractivity contribution in [1.82, 2.24) is 4.98 Å². The molecular weight excluding hydrogens is 204 g/mol. The number of carbonyl (C=O) groups is 1. The summed E-state index contributed by atoms with van der Waals surface area (Å²) in [4.78, 5) is 17.3. The van der Waals surface area contributed by atoms with Crippen LogP contribution in [0.3, 0.4) is 0 Å². The van der Waals surface area contributed by atoms with Crippen LogP contribution in [0.2, 0.25) is 0 Å². The number of carboxylic acids is 1. The van der Waals surface area contributed by atoms with Crippen molar-refractivity contribution in [3.63, 3.8) is 0 Å². The maximum absolute atomic E-state index is 11.1. The molecule has 1 aromatic rings. The summed E-state index contributed by atoms with van der Waals surface area (Å²) < 4.78 is 0. The molecule has 1 aliphatic heterocycles. The maximum Gasteiger partial charge on any atom is 0.337 e. The lowest BCUT2D eigenvalue weighted by Gasteiger charge is -2.34. The Morgan fingerprint density at radius 3 is 2.88 bits per heavy atom. The van der Waals surface area contributed by atoms with E-state index in [4.69, 9.17) is 5.11 Å². The first-order chi connectivity index (χ1) is 7.52. The lowest BCUT2D eigenvalue weighted by molar-refractivity contribution is 0.0697. The minimum atomic E-state index is -0.889. The van der Waals surface area contributed by atoms with Crippen molar-refractivity contribution in [3.8, 4) is 0 Å². The Kier molecular flexibility index (Phi) is 2.58. The average Bonchev–Trinajstić information content (AvgIpc) is 2.58. The minimum Gasteiger partial charge on any atom is -0.478 e. The van der Waals surface area contributed by atoms with Gasteiger partial charge in [0.15, 0.2) is 0 Å². The number of pyridine rings is 1. The van der Waals surface area contributed by atoms with Gasteiger partial charge < -0.3 is 10.0 Å². The number of aromatic nitrogens is 1. The van der Waals surface area contributed by atoms with Gasteiger partial charge in [0.25, 0.3) is 0 Å². The van der Waals surface area contributed by atoms with Crippen molar-refractivity contribution in [2.45, 2.75) is 32.2 Å². The first-order valence-electron chi connectivity index (χ1n) is 5.47. The highest BCUT2D eigenvalue weighted by molar-refractivity contribution is 5.94. The Balaban J connectivity index is 2.44. The number of nitrogens with zero attached hydrogens (tertiary/aromatic N) is 2. The standard InChI is InChI=1S/C12H16N2O2/c1-12(2)5-3-7-14(12)10-8-13-6-4-9(10)11(15)16/h4,6,8H,3,5,7H2,1-2H3,(H,15,16). The number of aromatic carboxylic acids is 1. The fourth-order valence-corrected chi connectivity index (χ4v) is 2.34. The van der Waals surface area contributed by atoms with Gasteiger partial charge in [0.1, 0.15) is 0 Å². The molecule has 1 saturated heterocycles. The summed E-state index contributed by atoms with van der Waals surface area (Å²) in [5.41, 5.74) is 1.09. The van der Waals surface area contributed by atoms with E-state index in [1.807, 2.05) is 0 Å². The fourth-order valence-electron chi connectivity index (χ4n) is 2.34. The predicted octanol–water partition coefficient (Wildman–Crippen LogP) is 2.16. The molecule has 16 heavy (non-hydrogen) atoms. The number of anilines is 1. The maximum atomic E-state index is 11.1. The van der Waals surface area contributed by atoms with E-state index in [9.17, 15) is 4.79 Å². The average molecular weight is 220 g/mol. The van der Waals surface area contributed by atoms with Crippen LogP contribution in [-0.2, 0) is 0 Å². The second kappa shape index (κ2) is 3.77. The Morgan fingerprint density at radius 2 is 2.31 bits per heavy atom. The number of rotatable bonds is 2. The Labute approximate surface area is 94.9 Å². The lowest BCUT2D eigenvalue weighted by Crippen LogP contribution is -2.39. The van der Waals surface area contributed by atoms with Gasteiger partial charge in [0.2, 0.25) is 0 Å². The number of hydrogen-bond donors (Lipinski definition) is 1. The summed E-state index contributed by atoms with van der Waals surface area (Å²) in [6, 6.07) is 1.56. The summed E-state index contributed by atoms with van der Waals surface area (Å²) in [6.45, 7) is 5.18. The number of hydrogen-bond acceptors (Lipinski definition) is 3. The molecule has 0 unspecified atom stereocenters. The van der Waals surface area contributed by atoms with Crippen LogP contribution in [0.25, 0.3) is 0 Å². The van der Waals surface area contributed by atoms with Gasteiger partial charge >= 0.3 is 5.97 Å². The second-order valence-corrected chi connectivity index (χ2v) is 4.77. The van der Waals surface area contributed by atoms with E-state index in [2.05, 4.69) is 23.7 Å². The smallest absolute Gasteiger partial charge is 0.337 e. The van der Waals surface area contributed by atoms with Crippen molar-refractivity contribution in [1.29, 1.82) is 0 Å². The summed E-state index contributed by atoms with van der Waals surface area (Å²) in [6.07, 6.45) is 5.36. The van der Waals surface area contributed by atoms with E-state index in [0.717, 1.165) is 25.1 Å². The van der Waals surface area contributed by atoms with Gasteiger partial charge in [0, 0.05) is 18.3 Å². The monoisotopic (exact) mass is 220 g/mol. The van der Waals surface area contributed by atoms with Crippen LogP contribution < -0.4 is 4.90 Å². The fraction of sp³-hybridized carbons (Fsp3) is 0.500. The minimum absolute atomic E-state index is 0.0211. The van der Waals surface area contributed by atoms with Gasteiger partial charge in [-0.1, -0.05) is 0 Å². The zero-order valence-electron chi connectivity index (χ0n) is 9.60. The van der Waals surface area contributed by atoms with Crippen LogP contribution >= 0.6 is 0 Å². The van der Waals surface area contributed by atoms with Gasteiger partial charge in [-0.05, 0) is 32.8 Å². The molecule has 2 heterocycles. The zero-order valence-corrected chi connectivity index (χ0v) is 9.60. The molecule has 0 saturated carbocycles. The van der Waals surface area contributed by atoms with E-state index < -0.39 is 5.97 Å². The molecule has 0 spiro atoms. The Morgan fingerprint density at radius 1 is 1.56 bits per heavy atom. The second-order valence-electron chi connectivity index (χ2n) is 4.77. The number of carboxylic acid groups (broad SMARTS) is 1. The third kappa shape index (κ3) is 1.75. The normalized spacial score (nSPS) is 18.8. The predicted molar refractivity (Wildman–Crippen MR) is 61.9 cm³/mol. The molecule has 0 amide bonds. The van der Waals surface area contributed by atoms with Crippen LogP contribution in [0.5, 0.6) is 0 Å². The van der Waals surface area contributed by atoms with E-state index >= 15 is 0 Å². The van der Waals surface area contributed by atoms with Gasteiger partial charge in [-0.15, -0.1) is 0 Å². The molecular formula is C12H16N2O2. The van der Waals surface area contributed by atoms with Crippen LogP contribution in [0.1, 0.15) is 37.0 Å². The third-order valence-corrected chi connectivity index (χ3v) is 3.22. The molecule has 1 fully saturated rings. The quantitative estimate of drug-likeness (QED) is 0.829. The van der Waals surface area contributed by atoms with Crippen molar-refractivity contribution < 1.29 is 9.90 Å². The lowest BCUT2D eigenvalue weighted by atomic mass is 10.0. The third-order valence-electron chi connectivity index (χ3n) is 3.22. The van der Waals surface area contributed by atoms with Crippen molar-refractivity contribution >= 4 is 11.7 Å². The topological polar surface area (TPSA) is 53.4 Å². The van der Waals surface area contributed by atoms with Crippen LogP contribution in [0.4, 0.5) is 5.69 Å². The summed E-state index contributed by atoms with van der Waals surface area (Å²) in [5, 5.41) is 9.14.